The predicted molar refractivity (Wildman–Crippen MR) is 154 cm³/mol. The second-order valence-electron chi connectivity index (χ2n) is 11.8. The monoisotopic (exact) mass is 574 g/mol. The first-order valence-electron chi connectivity index (χ1n) is 14.3. The number of aryl methyl sites for hydroxylation is 1. The number of Topliss-reactive ketones (excluding diaryl/α,β-unsaturated/α-hetero) is 1. The number of ether oxygens (including phenoxy) is 1. The first-order chi connectivity index (χ1) is 19.2. The summed E-state index contributed by atoms with van der Waals surface area (Å²) in [6, 6.07) is 5.44. The largest absolute Gasteiger partial charge is 0.394 e. The molecule has 1 aliphatic heterocycles. The molecule has 0 saturated carbocycles. The Morgan fingerprint density at radius 2 is 1.29 bits per heavy atom. The fourth-order valence-electron chi connectivity index (χ4n) is 4.51. The maximum absolute atomic E-state index is 13.3. The molecule has 11 heteroatoms. The lowest BCUT2D eigenvalue weighted by molar-refractivity contribution is -0.135. The van der Waals surface area contributed by atoms with Crippen molar-refractivity contribution in [3.05, 3.63) is 35.9 Å². The highest BCUT2D eigenvalue weighted by Crippen LogP contribution is 2.29. The van der Waals surface area contributed by atoms with E-state index in [0.29, 0.717) is 19.3 Å². The highest BCUT2D eigenvalue weighted by atomic mass is 16.6. The van der Waals surface area contributed by atoms with Gasteiger partial charge in [-0.2, -0.15) is 0 Å². The van der Waals surface area contributed by atoms with Gasteiger partial charge in [-0.15, -0.1) is 0 Å². The van der Waals surface area contributed by atoms with Gasteiger partial charge in [0.2, 0.25) is 23.6 Å². The maximum atomic E-state index is 13.3. The number of ketones is 1. The van der Waals surface area contributed by atoms with E-state index in [4.69, 9.17) is 4.74 Å². The van der Waals surface area contributed by atoms with Crippen LogP contribution in [0.15, 0.2) is 30.3 Å². The van der Waals surface area contributed by atoms with Crippen LogP contribution < -0.4 is 21.3 Å². The summed E-state index contributed by atoms with van der Waals surface area (Å²) in [5.41, 5.74) is 0.0583. The molecule has 1 unspecified atom stereocenters. The summed E-state index contributed by atoms with van der Waals surface area (Å²) in [6.45, 7) is 10.1. The van der Waals surface area contributed by atoms with Gasteiger partial charge in [-0.25, -0.2) is 0 Å². The average Bonchev–Trinajstić information content (AvgIpc) is 3.66. The third kappa shape index (κ3) is 11.2. The molecule has 41 heavy (non-hydrogen) atoms. The van der Waals surface area contributed by atoms with Gasteiger partial charge in [-0.05, 0) is 50.0 Å². The van der Waals surface area contributed by atoms with E-state index in [0.717, 1.165) is 5.56 Å². The molecule has 1 aliphatic rings. The summed E-state index contributed by atoms with van der Waals surface area (Å²) in [7, 11) is 0. The molecule has 1 aromatic rings. The van der Waals surface area contributed by atoms with Crippen molar-refractivity contribution in [1.29, 1.82) is 0 Å². The van der Waals surface area contributed by atoms with Crippen LogP contribution in [0.3, 0.4) is 0 Å². The SMILES string of the molecule is CC(=O)N[C@@H](CCc1ccccc1)C(=O)NC(CC(C)C)C(=O)N[C@@H](CO)C(=O)N[C@@H](CC(C)C)C(=O)[C@@]1(C)CO1. The van der Waals surface area contributed by atoms with Gasteiger partial charge in [0.15, 0.2) is 5.78 Å². The molecule has 0 bridgehead atoms. The van der Waals surface area contributed by atoms with Gasteiger partial charge in [-0.3, -0.25) is 24.0 Å². The molecule has 1 aromatic carbocycles. The van der Waals surface area contributed by atoms with Crippen molar-refractivity contribution in [3.63, 3.8) is 0 Å². The average molecular weight is 575 g/mol. The summed E-state index contributed by atoms with van der Waals surface area (Å²) >= 11 is 0. The molecule has 0 radical (unpaired) electrons. The Bertz CT molecular complexity index is 1060. The molecule has 0 spiro atoms. The number of rotatable bonds is 17. The second-order valence-corrected chi connectivity index (χ2v) is 11.8. The Kier molecular flexibility index (Phi) is 12.9. The van der Waals surface area contributed by atoms with Crippen molar-refractivity contribution in [2.75, 3.05) is 13.2 Å². The third-order valence-corrected chi connectivity index (χ3v) is 6.85. The van der Waals surface area contributed by atoms with E-state index < -0.39 is 54.1 Å². The molecule has 1 saturated heterocycles. The van der Waals surface area contributed by atoms with Crippen molar-refractivity contribution in [3.8, 4) is 0 Å². The van der Waals surface area contributed by atoms with Gasteiger partial charge in [0.25, 0.3) is 0 Å². The Hall–Kier alpha value is -3.31. The fourth-order valence-corrected chi connectivity index (χ4v) is 4.51. The number of nitrogens with one attached hydrogen (secondary N) is 4. The van der Waals surface area contributed by atoms with Gasteiger partial charge in [0.05, 0.1) is 19.3 Å². The molecule has 4 amide bonds. The zero-order valence-corrected chi connectivity index (χ0v) is 25.0. The Labute approximate surface area is 242 Å². The van der Waals surface area contributed by atoms with E-state index in [-0.39, 0.29) is 36.6 Å². The van der Waals surface area contributed by atoms with E-state index in [2.05, 4.69) is 21.3 Å². The highest BCUT2D eigenvalue weighted by molar-refractivity contribution is 5.98. The number of aliphatic hydroxyl groups excluding tert-OH is 1. The quantitative estimate of drug-likeness (QED) is 0.173. The molecule has 2 rings (SSSR count). The van der Waals surface area contributed by atoms with Crippen molar-refractivity contribution in [2.24, 2.45) is 11.8 Å². The smallest absolute Gasteiger partial charge is 0.245 e. The Morgan fingerprint density at radius 3 is 1.80 bits per heavy atom. The van der Waals surface area contributed by atoms with Crippen LogP contribution in [0.4, 0.5) is 0 Å². The van der Waals surface area contributed by atoms with E-state index >= 15 is 0 Å². The number of carbonyl (C=O) groups is 5. The van der Waals surface area contributed by atoms with E-state index in [1.54, 1.807) is 6.92 Å². The molecular weight excluding hydrogens is 528 g/mol. The second kappa shape index (κ2) is 15.6. The van der Waals surface area contributed by atoms with Crippen LogP contribution in [0.5, 0.6) is 0 Å². The van der Waals surface area contributed by atoms with Crippen molar-refractivity contribution < 1.29 is 33.8 Å². The standard InChI is InChI=1S/C30H46N4O7/c1-18(2)14-23(26(37)30(6)17-41-30)32-29(40)25(16-35)34-28(39)24(15-19(3)4)33-27(38)22(31-20(5)36)13-12-21-10-8-7-9-11-21/h7-11,18-19,22-25,35H,12-17H2,1-6H3,(H,31,36)(H,32,40)(H,33,38)(H,34,39)/t22-,23-,24?,25-,30+/m0/s1. The number of benzene rings is 1. The van der Waals surface area contributed by atoms with Gasteiger partial charge in [0, 0.05) is 6.92 Å². The number of carbonyl (C=O) groups excluding carboxylic acids is 5. The van der Waals surface area contributed by atoms with Crippen LogP contribution in [0.1, 0.15) is 66.4 Å². The minimum Gasteiger partial charge on any atom is -0.394 e. The summed E-state index contributed by atoms with van der Waals surface area (Å²) in [5, 5.41) is 20.5. The number of hydrogen-bond acceptors (Lipinski definition) is 7. The van der Waals surface area contributed by atoms with E-state index in [1.807, 2.05) is 58.0 Å². The summed E-state index contributed by atoms with van der Waals surface area (Å²) < 4.78 is 5.26. The fraction of sp³-hybridized carbons (Fsp3) is 0.633. The van der Waals surface area contributed by atoms with Crippen molar-refractivity contribution in [2.45, 2.75) is 97.0 Å². The van der Waals surface area contributed by atoms with Crippen LogP contribution >= 0.6 is 0 Å². The first-order valence-corrected chi connectivity index (χ1v) is 14.3. The minimum atomic E-state index is -1.34. The van der Waals surface area contributed by atoms with Crippen molar-refractivity contribution >= 4 is 29.4 Å². The number of epoxide rings is 1. The van der Waals surface area contributed by atoms with Crippen molar-refractivity contribution in [1.82, 2.24) is 21.3 Å². The lowest BCUT2D eigenvalue weighted by Crippen LogP contribution is -2.59. The summed E-state index contributed by atoms with van der Waals surface area (Å²) in [4.78, 5) is 64.3. The lowest BCUT2D eigenvalue weighted by Gasteiger charge is -2.27. The number of aliphatic hydroxyl groups is 1. The predicted octanol–water partition coefficient (Wildman–Crippen LogP) is 1.02. The summed E-state index contributed by atoms with van der Waals surface area (Å²) in [6.07, 6.45) is 1.48. The molecule has 228 valence electrons. The molecule has 0 aromatic heterocycles. The van der Waals surface area contributed by atoms with Gasteiger partial charge >= 0.3 is 0 Å². The third-order valence-electron chi connectivity index (χ3n) is 6.85. The topological polar surface area (TPSA) is 166 Å². The number of hydrogen-bond donors (Lipinski definition) is 5. The van der Waals surface area contributed by atoms with Gasteiger partial charge in [0.1, 0.15) is 23.7 Å². The highest BCUT2D eigenvalue weighted by Gasteiger charge is 2.50. The lowest BCUT2D eigenvalue weighted by atomic mass is 9.93. The molecule has 11 nitrogen and oxygen atoms in total. The zero-order chi connectivity index (χ0) is 30.7. The van der Waals surface area contributed by atoms with Crippen LogP contribution in [0, 0.1) is 11.8 Å². The van der Waals surface area contributed by atoms with E-state index in [9.17, 15) is 29.1 Å². The molecular formula is C30H46N4O7. The minimum absolute atomic E-state index is 0.00307. The zero-order valence-electron chi connectivity index (χ0n) is 25.0. The molecule has 5 N–H and O–H groups in total. The van der Waals surface area contributed by atoms with Crippen LogP contribution in [-0.2, 0) is 35.1 Å². The first kappa shape index (κ1) is 33.9. The normalized spacial score (nSPS) is 19.0. The van der Waals surface area contributed by atoms with E-state index in [1.165, 1.54) is 6.92 Å². The van der Waals surface area contributed by atoms with Gasteiger partial charge < -0.3 is 31.1 Å². The Morgan fingerprint density at radius 1 is 0.805 bits per heavy atom. The maximum Gasteiger partial charge on any atom is 0.245 e. The molecule has 1 fully saturated rings. The molecule has 1 heterocycles. The van der Waals surface area contributed by atoms with Crippen LogP contribution in [0.25, 0.3) is 0 Å². The van der Waals surface area contributed by atoms with Gasteiger partial charge in [-0.1, -0.05) is 58.0 Å². The summed E-state index contributed by atoms with van der Waals surface area (Å²) in [5.74, 6) is -2.43. The Balaban J connectivity index is 2.10. The molecule has 5 atom stereocenters. The number of amides is 4. The molecule has 0 aliphatic carbocycles. The van der Waals surface area contributed by atoms with Crippen LogP contribution in [-0.4, -0.2) is 77.5 Å². The van der Waals surface area contributed by atoms with Crippen LogP contribution in [0.2, 0.25) is 0 Å².